The third-order valence-corrected chi connectivity index (χ3v) is 11.8. The lowest BCUT2D eigenvalue weighted by Gasteiger charge is -2.37. The van der Waals surface area contributed by atoms with E-state index in [0.717, 1.165) is 60.1 Å². The minimum absolute atomic E-state index is 0.0141. The molecule has 8 aromatic rings. The number of nitrogens with one attached hydrogen (secondary N) is 1. The fourth-order valence-electron chi connectivity index (χ4n) is 8.56. The third-order valence-electron chi connectivity index (χ3n) is 11.8. The van der Waals surface area contributed by atoms with Crippen LogP contribution in [0.1, 0.15) is 56.4 Å². The highest BCUT2D eigenvalue weighted by atomic mass is 16.6. The number of rotatable bonds is 11. The first kappa shape index (κ1) is 41.2. The third kappa shape index (κ3) is 8.06. The summed E-state index contributed by atoms with van der Waals surface area (Å²) in [5, 5.41) is 20.8. The molecule has 0 saturated carbocycles. The normalized spacial score (nSPS) is 16.5. The highest BCUT2D eigenvalue weighted by Gasteiger charge is 2.42. The number of carbonyl (C=O) groups is 1. The van der Waals surface area contributed by atoms with E-state index >= 15 is 0 Å². The molecular formula is C53H47N5O5. The lowest BCUT2D eigenvalue weighted by Crippen LogP contribution is -2.38. The van der Waals surface area contributed by atoms with E-state index in [-0.39, 0.29) is 31.3 Å². The summed E-state index contributed by atoms with van der Waals surface area (Å²) in [5.74, 6) is 5.99. The van der Waals surface area contributed by atoms with E-state index in [1.165, 1.54) is 10.9 Å². The van der Waals surface area contributed by atoms with Crippen LogP contribution in [-0.2, 0) is 15.1 Å². The molecule has 63 heavy (non-hydrogen) atoms. The molecule has 314 valence electrons. The largest absolute Gasteiger partial charge is 0.390 e. The average Bonchev–Trinajstić information content (AvgIpc) is 3.67. The Kier molecular flexibility index (Phi) is 11.3. The Morgan fingerprint density at radius 2 is 1.48 bits per heavy atom. The van der Waals surface area contributed by atoms with Crippen LogP contribution < -0.4 is 11.0 Å². The summed E-state index contributed by atoms with van der Waals surface area (Å²) in [7, 11) is 3.62. The van der Waals surface area contributed by atoms with Gasteiger partial charge in [0.2, 0.25) is 0 Å². The van der Waals surface area contributed by atoms with Crippen LogP contribution in [0.5, 0.6) is 0 Å². The van der Waals surface area contributed by atoms with E-state index < -0.39 is 29.7 Å². The molecule has 1 aliphatic heterocycles. The summed E-state index contributed by atoms with van der Waals surface area (Å²) in [4.78, 5) is 37.7. The van der Waals surface area contributed by atoms with Crippen molar-refractivity contribution in [3.8, 4) is 11.8 Å². The molecule has 0 bridgehead atoms. The first-order chi connectivity index (χ1) is 30.6. The molecule has 1 saturated heterocycles. The molecular weight excluding hydrogens is 787 g/mol. The SMILES string of the molecule is Cc1ccc(C(OC[C@H]2O[C@@H](n3cc(C#CCNC(=O)c4ccc5ccc6cccc7ccc4c5c67)c(N=CN(C)C)nc3=O)C[C@@H]2O)(c2ccccc2)c2ccc(C)cc2)cc1. The van der Waals surface area contributed by atoms with Crippen LogP contribution in [0.2, 0.25) is 0 Å². The molecule has 1 amide bonds. The Balaban J connectivity index is 0.973. The standard InChI is InChI=1S/C53H47N5O5/c1-34-15-23-41(24-16-34)53(40-13-6-5-7-14-40,42-25-17-35(2)18-26-42)62-32-46-45(59)30-47(63-46)58-31-39(50(56-52(58)61)55-33-57(3)4)12-9-29-54-51(60)44-28-22-38-20-19-36-10-8-11-37-21-27-43(44)49(38)48(36)37/h5-8,10-11,13-28,31,33,45-47,59H,29-30,32H2,1-4H3,(H,54,60)/t45-,46+,47+/m0/s1. The zero-order chi connectivity index (χ0) is 43.7. The van der Waals surface area contributed by atoms with Crippen molar-refractivity contribution in [2.75, 3.05) is 27.2 Å². The molecule has 9 rings (SSSR count). The number of benzene rings is 7. The van der Waals surface area contributed by atoms with Crippen LogP contribution in [0, 0.1) is 25.7 Å². The number of ether oxygens (including phenoxy) is 2. The van der Waals surface area contributed by atoms with Crippen molar-refractivity contribution in [2.24, 2.45) is 4.99 Å². The van der Waals surface area contributed by atoms with Gasteiger partial charge in [0.1, 0.15) is 17.9 Å². The van der Waals surface area contributed by atoms with E-state index in [4.69, 9.17) is 9.47 Å². The number of aromatic nitrogens is 2. The van der Waals surface area contributed by atoms with E-state index in [2.05, 4.69) is 106 Å². The minimum Gasteiger partial charge on any atom is -0.390 e. The lowest BCUT2D eigenvalue weighted by molar-refractivity contribution is -0.0944. The predicted molar refractivity (Wildman–Crippen MR) is 249 cm³/mol. The lowest BCUT2D eigenvalue weighted by atomic mass is 9.79. The Bertz CT molecular complexity index is 3030. The first-order valence-electron chi connectivity index (χ1n) is 21.0. The average molecular weight is 834 g/mol. The van der Waals surface area contributed by atoms with Crippen molar-refractivity contribution in [3.63, 3.8) is 0 Å². The zero-order valence-corrected chi connectivity index (χ0v) is 35.6. The topological polar surface area (TPSA) is 118 Å². The van der Waals surface area contributed by atoms with Gasteiger partial charge in [0, 0.05) is 32.3 Å². The van der Waals surface area contributed by atoms with Crippen molar-refractivity contribution in [3.05, 3.63) is 189 Å². The van der Waals surface area contributed by atoms with Crippen LogP contribution in [0.3, 0.4) is 0 Å². The number of aliphatic hydroxyl groups excluding tert-OH is 1. The number of nitrogens with zero attached hydrogens (tertiary/aromatic N) is 4. The van der Waals surface area contributed by atoms with Gasteiger partial charge in [-0.2, -0.15) is 4.98 Å². The van der Waals surface area contributed by atoms with Crippen molar-refractivity contribution in [1.29, 1.82) is 0 Å². The number of aliphatic hydroxyl groups is 1. The maximum atomic E-state index is 13.6. The molecule has 10 nitrogen and oxygen atoms in total. The molecule has 2 heterocycles. The van der Waals surface area contributed by atoms with Crippen LogP contribution in [0.15, 0.2) is 149 Å². The molecule has 1 aromatic heterocycles. The number of aliphatic imine (C=N–C) groups is 1. The van der Waals surface area contributed by atoms with Gasteiger partial charge < -0.3 is 24.8 Å². The Labute approximate surface area is 365 Å². The van der Waals surface area contributed by atoms with Gasteiger partial charge in [-0.25, -0.2) is 9.79 Å². The highest BCUT2D eigenvalue weighted by Crippen LogP contribution is 2.42. The summed E-state index contributed by atoms with van der Waals surface area (Å²) in [6.07, 6.45) is 0.614. The zero-order valence-electron chi connectivity index (χ0n) is 35.6. The predicted octanol–water partition coefficient (Wildman–Crippen LogP) is 8.42. The van der Waals surface area contributed by atoms with Gasteiger partial charge in [-0.3, -0.25) is 9.36 Å². The number of hydrogen-bond donors (Lipinski definition) is 2. The second kappa shape index (κ2) is 17.3. The summed E-state index contributed by atoms with van der Waals surface area (Å²) >= 11 is 0. The minimum atomic E-state index is -1.04. The Morgan fingerprint density at radius 1 is 0.857 bits per heavy atom. The van der Waals surface area contributed by atoms with E-state index in [0.29, 0.717) is 11.1 Å². The first-order valence-corrected chi connectivity index (χ1v) is 21.0. The van der Waals surface area contributed by atoms with Crippen molar-refractivity contribution in [1.82, 2.24) is 19.8 Å². The second-order valence-corrected chi connectivity index (χ2v) is 16.4. The molecule has 7 aromatic carbocycles. The molecule has 3 atom stereocenters. The van der Waals surface area contributed by atoms with Gasteiger partial charge >= 0.3 is 5.69 Å². The van der Waals surface area contributed by atoms with Crippen molar-refractivity contribution < 1.29 is 19.4 Å². The number of amides is 1. The molecule has 0 unspecified atom stereocenters. The van der Waals surface area contributed by atoms with Gasteiger partial charge in [0.25, 0.3) is 5.91 Å². The van der Waals surface area contributed by atoms with Gasteiger partial charge in [0.15, 0.2) is 5.82 Å². The van der Waals surface area contributed by atoms with Gasteiger partial charge in [0.05, 0.1) is 31.2 Å². The molecule has 0 radical (unpaired) electrons. The van der Waals surface area contributed by atoms with Crippen molar-refractivity contribution in [2.45, 2.75) is 44.3 Å². The number of hydrogen-bond acceptors (Lipinski definition) is 7. The molecule has 1 aliphatic rings. The molecule has 10 heteroatoms. The maximum Gasteiger partial charge on any atom is 0.351 e. The van der Waals surface area contributed by atoms with Gasteiger partial charge in [-0.15, -0.1) is 0 Å². The summed E-state index contributed by atoms with van der Waals surface area (Å²) < 4.78 is 14.8. The number of carbonyl (C=O) groups excluding carboxylic acids is 1. The van der Waals surface area contributed by atoms with E-state index in [1.807, 2.05) is 82.5 Å². The summed E-state index contributed by atoms with van der Waals surface area (Å²) in [6.45, 7) is 4.14. The molecule has 0 aliphatic carbocycles. The second-order valence-electron chi connectivity index (χ2n) is 16.4. The van der Waals surface area contributed by atoms with Crippen molar-refractivity contribution >= 4 is 50.4 Å². The van der Waals surface area contributed by atoms with Crippen LogP contribution >= 0.6 is 0 Å². The quantitative estimate of drug-likeness (QED) is 0.0442. The van der Waals surface area contributed by atoms with Gasteiger partial charge in [-0.1, -0.05) is 150 Å². The summed E-state index contributed by atoms with van der Waals surface area (Å²) in [6, 6.07) is 44.9. The molecule has 1 fully saturated rings. The molecule has 2 N–H and O–H groups in total. The van der Waals surface area contributed by atoms with Crippen LogP contribution in [0.4, 0.5) is 5.82 Å². The fourth-order valence-corrected chi connectivity index (χ4v) is 8.56. The highest BCUT2D eigenvalue weighted by molar-refractivity contribution is 6.26. The van der Waals surface area contributed by atoms with Crippen LogP contribution in [0.25, 0.3) is 32.3 Å². The fraction of sp³-hybridized carbons (Fsp3) is 0.208. The monoisotopic (exact) mass is 833 g/mol. The number of aryl methyl sites for hydroxylation is 2. The Hall–Kier alpha value is -7.16. The van der Waals surface area contributed by atoms with Crippen LogP contribution in [-0.4, -0.2) is 71.3 Å². The van der Waals surface area contributed by atoms with E-state index in [1.54, 1.807) is 11.1 Å². The smallest absolute Gasteiger partial charge is 0.351 e. The van der Waals surface area contributed by atoms with E-state index in [9.17, 15) is 14.7 Å². The molecule has 0 spiro atoms. The summed E-state index contributed by atoms with van der Waals surface area (Å²) in [5.41, 5.74) is 4.28. The maximum absolute atomic E-state index is 13.6. The Morgan fingerprint density at radius 3 is 2.14 bits per heavy atom. The van der Waals surface area contributed by atoms with Gasteiger partial charge in [-0.05, 0) is 68.9 Å².